The first-order valence-corrected chi connectivity index (χ1v) is 9.39. The Morgan fingerprint density at radius 1 is 1.22 bits per heavy atom. The fourth-order valence-corrected chi connectivity index (χ4v) is 3.54. The molecule has 2 rings (SSSR count). The van der Waals surface area contributed by atoms with Gasteiger partial charge in [-0.2, -0.15) is 0 Å². The van der Waals surface area contributed by atoms with Gasteiger partial charge in [-0.25, -0.2) is 0 Å². The highest BCUT2D eigenvalue weighted by Crippen LogP contribution is 2.24. The minimum atomic E-state index is -0.624. The first-order valence-electron chi connectivity index (χ1n) is 9.39. The third kappa shape index (κ3) is 4.66. The second-order valence-electron chi connectivity index (χ2n) is 6.96. The SMILES string of the molecule is CCN(CC)C(=O)C1CC(NC(=O)CO)CN1C(=O)c1cc(C)ccc1C. The maximum Gasteiger partial charge on any atom is 0.254 e. The number of carbonyl (C=O) groups excluding carboxylic acids is 3. The molecule has 0 aliphatic carbocycles. The first-order chi connectivity index (χ1) is 12.8. The van der Waals surface area contributed by atoms with Crippen LogP contribution in [0.1, 0.15) is 41.8 Å². The molecule has 1 saturated heterocycles. The van der Waals surface area contributed by atoms with E-state index in [1.54, 1.807) is 9.80 Å². The normalized spacial score (nSPS) is 19.1. The van der Waals surface area contributed by atoms with Gasteiger partial charge in [0, 0.05) is 31.2 Å². The molecule has 2 N–H and O–H groups in total. The van der Waals surface area contributed by atoms with E-state index < -0.39 is 18.6 Å². The largest absolute Gasteiger partial charge is 0.387 e. The van der Waals surface area contributed by atoms with Crippen LogP contribution in [0.3, 0.4) is 0 Å². The molecule has 1 aliphatic heterocycles. The number of aliphatic hydroxyl groups is 1. The van der Waals surface area contributed by atoms with Gasteiger partial charge in [0.05, 0.1) is 0 Å². The van der Waals surface area contributed by atoms with Gasteiger partial charge < -0.3 is 20.2 Å². The van der Waals surface area contributed by atoms with Gasteiger partial charge in [-0.1, -0.05) is 17.7 Å². The first kappa shape index (κ1) is 20.9. The summed E-state index contributed by atoms with van der Waals surface area (Å²) in [7, 11) is 0. The summed E-state index contributed by atoms with van der Waals surface area (Å²) in [6, 6.07) is 4.68. The lowest BCUT2D eigenvalue weighted by molar-refractivity contribution is -0.135. The number of nitrogens with zero attached hydrogens (tertiary/aromatic N) is 2. The monoisotopic (exact) mass is 375 g/mol. The number of likely N-dealkylation sites (tertiary alicyclic amines) is 1. The zero-order valence-electron chi connectivity index (χ0n) is 16.5. The van der Waals surface area contributed by atoms with Crippen molar-refractivity contribution in [2.45, 2.75) is 46.2 Å². The maximum atomic E-state index is 13.2. The van der Waals surface area contributed by atoms with E-state index in [0.29, 0.717) is 25.1 Å². The van der Waals surface area contributed by atoms with E-state index in [2.05, 4.69) is 5.32 Å². The minimum absolute atomic E-state index is 0.112. The van der Waals surface area contributed by atoms with Gasteiger partial charge in [-0.05, 0) is 45.7 Å². The smallest absolute Gasteiger partial charge is 0.254 e. The van der Waals surface area contributed by atoms with Crippen LogP contribution < -0.4 is 5.32 Å². The van der Waals surface area contributed by atoms with Gasteiger partial charge in [0.25, 0.3) is 5.91 Å². The Labute approximate surface area is 160 Å². The van der Waals surface area contributed by atoms with Crippen LogP contribution >= 0.6 is 0 Å². The second-order valence-corrected chi connectivity index (χ2v) is 6.96. The van der Waals surface area contributed by atoms with Crippen LogP contribution in [0.4, 0.5) is 0 Å². The summed E-state index contributed by atoms with van der Waals surface area (Å²) in [4.78, 5) is 41.0. The van der Waals surface area contributed by atoms with Crippen molar-refractivity contribution in [2.75, 3.05) is 26.2 Å². The van der Waals surface area contributed by atoms with Crippen molar-refractivity contribution in [2.24, 2.45) is 0 Å². The van der Waals surface area contributed by atoms with Crippen molar-refractivity contribution in [3.63, 3.8) is 0 Å². The molecule has 148 valence electrons. The molecule has 1 heterocycles. The van der Waals surface area contributed by atoms with Crippen molar-refractivity contribution >= 4 is 17.7 Å². The van der Waals surface area contributed by atoms with E-state index in [9.17, 15) is 14.4 Å². The number of rotatable bonds is 6. The van der Waals surface area contributed by atoms with E-state index in [4.69, 9.17) is 5.11 Å². The molecule has 27 heavy (non-hydrogen) atoms. The quantitative estimate of drug-likeness (QED) is 0.772. The molecule has 1 aliphatic rings. The molecule has 7 heteroatoms. The van der Waals surface area contributed by atoms with E-state index >= 15 is 0 Å². The molecule has 0 saturated carbocycles. The Balaban J connectivity index is 2.33. The van der Waals surface area contributed by atoms with Crippen LogP contribution in [0.5, 0.6) is 0 Å². The van der Waals surface area contributed by atoms with Gasteiger partial charge in [0.2, 0.25) is 11.8 Å². The lowest BCUT2D eigenvalue weighted by Crippen LogP contribution is -2.47. The molecule has 1 aromatic rings. The minimum Gasteiger partial charge on any atom is -0.387 e. The second kappa shape index (κ2) is 8.99. The average Bonchev–Trinajstić information content (AvgIpc) is 3.07. The van der Waals surface area contributed by atoms with Gasteiger partial charge in [0.15, 0.2) is 0 Å². The number of nitrogens with one attached hydrogen (secondary N) is 1. The number of hydrogen-bond donors (Lipinski definition) is 2. The van der Waals surface area contributed by atoms with Crippen LogP contribution in [0.2, 0.25) is 0 Å². The van der Waals surface area contributed by atoms with Crippen LogP contribution in [0, 0.1) is 13.8 Å². The molecule has 1 fully saturated rings. The van der Waals surface area contributed by atoms with Crippen molar-refractivity contribution in [1.82, 2.24) is 15.1 Å². The third-order valence-electron chi connectivity index (χ3n) is 5.05. The van der Waals surface area contributed by atoms with Crippen molar-refractivity contribution < 1.29 is 19.5 Å². The van der Waals surface area contributed by atoms with Gasteiger partial charge in [-0.15, -0.1) is 0 Å². The molecule has 7 nitrogen and oxygen atoms in total. The summed E-state index contributed by atoms with van der Waals surface area (Å²) in [6.45, 7) is 8.34. The van der Waals surface area contributed by atoms with Crippen LogP contribution in [-0.2, 0) is 9.59 Å². The molecule has 0 aromatic heterocycles. The highest BCUT2D eigenvalue weighted by Gasteiger charge is 2.41. The van der Waals surface area contributed by atoms with E-state index in [-0.39, 0.29) is 24.4 Å². The highest BCUT2D eigenvalue weighted by molar-refractivity contribution is 5.99. The zero-order valence-corrected chi connectivity index (χ0v) is 16.5. The van der Waals surface area contributed by atoms with Crippen molar-refractivity contribution in [3.8, 4) is 0 Å². The lowest BCUT2D eigenvalue weighted by atomic mass is 10.0. The standard InChI is InChI=1S/C20H29N3O4/c1-5-22(6-2)20(27)17-10-15(21-18(25)12-24)11-23(17)19(26)16-9-13(3)7-8-14(16)4/h7-9,15,17,24H,5-6,10-12H2,1-4H3,(H,21,25). The van der Waals surface area contributed by atoms with Crippen molar-refractivity contribution in [1.29, 1.82) is 0 Å². The van der Waals surface area contributed by atoms with Crippen molar-refractivity contribution in [3.05, 3.63) is 34.9 Å². The number of aliphatic hydroxyl groups excluding tert-OH is 1. The third-order valence-corrected chi connectivity index (χ3v) is 5.05. The Morgan fingerprint density at radius 3 is 2.48 bits per heavy atom. The molecule has 2 atom stereocenters. The van der Waals surface area contributed by atoms with Crippen LogP contribution in [0.15, 0.2) is 18.2 Å². The fourth-order valence-electron chi connectivity index (χ4n) is 3.54. The zero-order chi connectivity index (χ0) is 20.1. The number of amides is 3. The molecule has 1 aromatic carbocycles. The molecular formula is C20H29N3O4. The van der Waals surface area contributed by atoms with Crippen LogP contribution in [-0.4, -0.2) is 71.0 Å². The predicted molar refractivity (Wildman–Crippen MR) is 102 cm³/mol. The average molecular weight is 375 g/mol. The summed E-state index contributed by atoms with van der Waals surface area (Å²) in [6.07, 6.45) is 0.345. The van der Waals surface area contributed by atoms with E-state index in [1.807, 2.05) is 45.9 Å². The predicted octanol–water partition coefficient (Wildman–Crippen LogP) is 0.863. The highest BCUT2D eigenvalue weighted by atomic mass is 16.3. The Bertz CT molecular complexity index is 715. The Kier molecular flexibility index (Phi) is 6.96. The van der Waals surface area contributed by atoms with E-state index in [1.165, 1.54) is 0 Å². The summed E-state index contributed by atoms with van der Waals surface area (Å²) in [5.74, 6) is -0.822. The summed E-state index contributed by atoms with van der Waals surface area (Å²) >= 11 is 0. The Hall–Kier alpha value is -2.41. The van der Waals surface area contributed by atoms with E-state index in [0.717, 1.165) is 11.1 Å². The maximum absolute atomic E-state index is 13.2. The Morgan fingerprint density at radius 2 is 1.89 bits per heavy atom. The number of likely N-dealkylation sites (N-methyl/N-ethyl adjacent to an activating group) is 1. The molecular weight excluding hydrogens is 346 g/mol. The molecule has 3 amide bonds. The number of benzene rings is 1. The number of hydrogen-bond acceptors (Lipinski definition) is 4. The van der Waals surface area contributed by atoms with Gasteiger partial charge >= 0.3 is 0 Å². The topological polar surface area (TPSA) is 89.9 Å². The van der Waals surface area contributed by atoms with Crippen LogP contribution in [0.25, 0.3) is 0 Å². The van der Waals surface area contributed by atoms with Gasteiger partial charge in [-0.3, -0.25) is 14.4 Å². The molecule has 0 radical (unpaired) electrons. The summed E-state index contributed by atoms with van der Waals surface area (Å²) < 4.78 is 0. The number of aryl methyl sites for hydroxylation is 2. The fraction of sp³-hybridized carbons (Fsp3) is 0.550. The van der Waals surface area contributed by atoms with Gasteiger partial charge in [0.1, 0.15) is 12.6 Å². The molecule has 2 unspecified atom stereocenters. The lowest BCUT2D eigenvalue weighted by Gasteiger charge is -2.29. The summed E-state index contributed by atoms with van der Waals surface area (Å²) in [5.41, 5.74) is 2.39. The molecule has 0 spiro atoms. The number of carbonyl (C=O) groups is 3. The molecule has 0 bridgehead atoms. The summed E-state index contributed by atoms with van der Waals surface area (Å²) in [5, 5.41) is 11.7.